The first-order chi connectivity index (χ1) is 45.3. The molecule has 560 valence electrons. The predicted octanol–water partition coefficient (Wildman–Crippen LogP) is -3.19. The van der Waals surface area contributed by atoms with Gasteiger partial charge in [0.2, 0.25) is 0 Å². The molecule has 0 aromatic carbocycles. The number of fused-ring (bicyclic) bond motifs is 5. The van der Waals surface area contributed by atoms with Crippen LogP contribution in [0.25, 0.3) is 0 Å². The summed E-state index contributed by atoms with van der Waals surface area (Å²) in [5.74, 6) is -1.14. The Balaban J connectivity index is 0.905. The Bertz CT molecular complexity index is 2790. The molecule has 6 saturated heterocycles. The number of rotatable bonds is 21. The van der Waals surface area contributed by atoms with Gasteiger partial charge in [0.1, 0.15) is 122 Å². The molecule has 0 amide bonds. The van der Waals surface area contributed by atoms with Crippen LogP contribution in [0.3, 0.4) is 0 Å². The molecule has 97 heavy (non-hydrogen) atoms. The highest BCUT2D eigenvalue weighted by molar-refractivity contribution is 7.80. The molecule has 33 unspecified atom stereocenters. The summed E-state index contributed by atoms with van der Waals surface area (Å²) in [5, 5.41) is 170. The number of ether oxygens (including phenoxy) is 12. The van der Waals surface area contributed by atoms with Crippen LogP contribution in [-0.2, 0) is 76.2 Å². The number of Topliss-reactive ketones (excluding diaryl/α,β-unsaturated/α-hetero) is 1. The first kappa shape index (κ1) is 77.8. The summed E-state index contributed by atoms with van der Waals surface area (Å²) in [4.78, 5) is 13.8. The summed E-state index contributed by atoms with van der Waals surface area (Å²) < 4.78 is 113. The largest absolute Gasteiger partial charge is 0.397 e. The van der Waals surface area contributed by atoms with Gasteiger partial charge in [-0.25, -0.2) is 4.18 Å². The van der Waals surface area contributed by atoms with E-state index in [9.17, 15) is 94.4 Å². The fourth-order valence-electron chi connectivity index (χ4n) is 17.8. The van der Waals surface area contributed by atoms with Crippen LogP contribution in [0.4, 0.5) is 0 Å². The number of carbonyl (C=O) groups is 1. The quantitative estimate of drug-likeness (QED) is 0.0398. The van der Waals surface area contributed by atoms with Gasteiger partial charge in [0, 0.05) is 12.3 Å². The van der Waals surface area contributed by atoms with Gasteiger partial charge in [-0.05, 0) is 126 Å². The van der Waals surface area contributed by atoms with Crippen molar-refractivity contribution in [2.24, 2.45) is 46.3 Å². The molecule has 0 aromatic heterocycles. The van der Waals surface area contributed by atoms with E-state index in [0.29, 0.717) is 38.5 Å². The van der Waals surface area contributed by atoms with E-state index in [1.165, 1.54) is 27.7 Å². The number of hydrogen-bond donors (Lipinski definition) is 16. The fraction of sp³-hybridized carbons (Fsp3) is 0.953. The van der Waals surface area contributed by atoms with Gasteiger partial charge >= 0.3 is 10.4 Å². The summed E-state index contributed by atoms with van der Waals surface area (Å²) >= 11 is 0. The average Bonchev–Trinajstić information content (AvgIpc) is 1.67. The summed E-state index contributed by atoms with van der Waals surface area (Å²) in [6, 6.07) is 0. The Morgan fingerprint density at radius 2 is 1.08 bits per heavy atom. The highest BCUT2D eigenvalue weighted by atomic mass is 32.3. The van der Waals surface area contributed by atoms with Crippen molar-refractivity contribution in [3.05, 3.63) is 11.6 Å². The summed E-state index contributed by atoms with van der Waals surface area (Å²) in [7, 11) is -4.91. The zero-order valence-corrected chi connectivity index (χ0v) is 57.1. The molecule has 4 aliphatic carbocycles. The molecule has 0 spiro atoms. The van der Waals surface area contributed by atoms with E-state index in [1.807, 2.05) is 20.8 Å². The molecule has 16 N–H and O–H groups in total. The van der Waals surface area contributed by atoms with Crippen molar-refractivity contribution in [2.45, 2.75) is 323 Å². The average molecular weight is 1420 g/mol. The standard InChI is InChI=1S/C64H106O32S/c1-11-29(23(2)3)34(66)20-64(10,80)38-13-12-31-30-19-35(33-18-28(96-97(81,82)83)14-16-62(33,8)32(30)15-17-63(31,38)9)89-58-50(78)53(42(70)26(6)87-58)93-60-54(94-57-49(77)46(74)40(68)25(5)86-57)44(72)37(22-84-60)91-61-55(47(75)43(71)36(21-65)90-61)95-59-51(79)52(41(69)27(7)88-59)92-56-48(76)45(73)39(67)24(4)85-56/h15,23-31,33,35-61,65,67-80H,11-14,16-22H2,1-10H3,(H,81,82,83)/t24?,25?,26?,27?,28?,29-,30?,31?,33+,35-,36?,37?,38?,39?,40?,41?,42?,43?,44?,45?,46?,47?,48?,49?,50?,51?,52?,53?,54?,55?,56?,57?,58?,59?,60?,61?,62+,63-,64-/m0/s1. The molecule has 10 aliphatic rings. The molecule has 33 heteroatoms. The number of hydrogen-bond acceptors (Lipinski definition) is 31. The van der Waals surface area contributed by atoms with Crippen molar-refractivity contribution in [3.8, 4) is 0 Å². The molecule has 9 fully saturated rings. The van der Waals surface area contributed by atoms with Crippen LogP contribution in [0.15, 0.2) is 11.6 Å². The third kappa shape index (κ3) is 15.4. The van der Waals surface area contributed by atoms with Crippen molar-refractivity contribution in [2.75, 3.05) is 13.2 Å². The second-order valence-electron chi connectivity index (χ2n) is 30.0. The minimum absolute atomic E-state index is 0.00585. The molecule has 0 bridgehead atoms. The summed E-state index contributed by atoms with van der Waals surface area (Å²) in [5.41, 5.74) is -1.38. The molecule has 0 radical (unpaired) electrons. The Morgan fingerprint density at radius 3 is 1.61 bits per heavy atom. The van der Waals surface area contributed by atoms with Crippen LogP contribution in [0.2, 0.25) is 0 Å². The maximum absolute atomic E-state index is 13.8. The van der Waals surface area contributed by atoms with Gasteiger partial charge < -0.3 is 133 Å². The van der Waals surface area contributed by atoms with Gasteiger partial charge in [-0.3, -0.25) is 9.35 Å². The van der Waals surface area contributed by atoms with E-state index >= 15 is 0 Å². The Hall–Kier alpha value is -1.80. The summed E-state index contributed by atoms with van der Waals surface area (Å²) in [6.45, 7) is 15.9. The van der Waals surface area contributed by atoms with E-state index in [1.54, 1.807) is 6.92 Å². The van der Waals surface area contributed by atoms with Crippen LogP contribution < -0.4 is 0 Å². The minimum atomic E-state index is -4.91. The van der Waals surface area contributed by atoms with E-state index in [0.717, 1.165) is 5.57 Å². The van der Waals surface area contributed by atoms with Crippen molar-refractivity contribution < 1.29 is 155 Å². The molecular formula is C64H106O32S. The SMILES string of the molecule is CC[C@H](C(=O)C[C@](C)(O)C1CCC2C3C[C@H](OC4OC(C)C(O)C(OC5OCC(OC6OC(CO)C(O)C(O)C6OC6OC(C)C(O)C(OC7OC(C)C(O)C(O)C7O)C6O)C(O)C5OC5OC(C)C(O)C(O)C5O)C4O)[C@H]4CC(OS(=O)(=O)O)CC[C@]4(C)C3=CC[C@@]21C)C(C)C. The summed E-state index contributed by atoms with van der Waals surface area (Å²) in [6.07, 6.45) is -46.6. The number of allylic oxidation sites excluding steroid dienone is 2. The Kier molecular flexibility index (Phi) is 24.3. The molecule has 39 atom stereocenters. The molecule has 3 saturated carbocycles. The lowest BCUT2D eigenvalue weighted by Crippen LogP contribution is -2.67. The van der Waals surface area contributed by atoms with E-state index in [-0.39, 0.29) is 54.6 Å². The van der Waals surface area contributed by atoms with Gasteiger partial charge in [0.15, 0.2) is 37.7 Å². The predicted molar refractivity (Wildman–Crippen MR) is 326 cm³/mol. The third-order valence-electron chi connectivity index (χ3n) is 23.4. The lowest BCUT2D eigenvalue weighted by Gasteiger charge is -2.60. The van der Waals surface area contributed by atoms with E-state index in [4.69, 9.17) is 61.0 Å². The van der Waals surface area contributed by atoms with Gasteiger partial charge in [0.05, 0.1) is 55.4 Å². The monoisotopic (exact) mass is 1420 g/mol. The topological polar surface area (TPSA) is 495 Å². The van der Waals surface area contributed by atoms with Crippen LogP contribution >= 0.6 is 0 Å². The molecule has 32 nitrogen and oxygen atoms in total. The number of carbonyl (C=O) groups excluding carboxylic acids is 1. The normalized spacial score (nSPS) is 51.5. The van der Waals surface area contributed by atoms with Gasteiger partial charge in [0.25, 0.3) is 0 Å². The Labute approximate surface area is 563 Å². The highest BCUT2D eigenvalue weighted by Gasteiger charge is 2.64. The van der Waals surface area contributed by atoms with E-state index in [2.05, 4.69) is 19.9 Å². The number of aliphatic hydroxyl groups is 15. The minimum Gasteiger partial charge on any atom is -0.394 e. The molecule has 10 rings (SSSR count). The smallest absolute Gasteiger partial charge is 0.394 e. The van der Waals surface area contributed by atoms with Crippen molar-refractivity contribution in [1.29, 1.82) is 0 Å². The van der Waals surface area contributed by atoms with E-state index < -0.39 is 236 Å². The zero-order valence-electron chi connectivity index (χ0n) is 56.3. The van der Waals surface area contributed by atoms with Gasteiger partial charge in [-0.2, -0.15) is 8.42 Å². The van der Waals surface area contributed by atoms with Crippen LogP contribution in [0, 0.1) is 46.3 Å². The Morgan fingerprint density at radius 1 is 0.588 bits per heavy atom. The number of aliphatic hydroxyl groups excluding tert-OH is 14. The lowest BCUT2D eigenvalue weighted by molar-refractivity contribution is -0.402. The highest BCUT2D eigenvalue weighted by Crippen LogP contribution is 2.68. The van der Waals surface area contributed by atoms with Crippen LogP contribution in [-0.4, -0.2) is 305 Å². The lowest BCUT2D eigenvalue weighted by atomic mass is 9.47. The second-order valence-corrected chi connectivity index (χ2v) is 31.1. The molecule has 6 aliphatic heterocycles. The molecule has 0 aromatic rings. The zero-order chi connectivity index (χ0) is 71.2. The number of ketones is 1. The van der Waals surface area contributed by atoms with Crippen molar-refractivity contribution >= 4 is 16.2 Å². The van der Waals surface area contributed by atoms with Crippen LogP contribution in [0.5, 0.6) is 0 Å². The maximum Gasteiger partial charge on any atom is 0.397 e. The van der Waals surface area contributed by atoms with Gasteiger partial charge in [-0.1, -0.05) is 46.3 Å². The van der Waals surface area contributed by atoms with Crippen LogP contribution in [0.1, 0.15) is 127 Å². The third-order valence-corrected chi connectivity index (χ3v) is 23.9. The first-order valence-electron chi connectivity index (χ1n) is 34.2. The van der Waals surface area contributed by atoms with Crippen molar-refractivity contribution in [3.63, 3.8) is 0 Å². The first-order valence-corrected chi connectivity index (χ1v) is 35.6. The van der Waals surface area contributed by atoms with Crippen molar-refractivity contribution in [1.82, 2.24) is 0 Å². The molecular weight excluding hydrogens is 1310 g/mol. The van der Waals surface area contributed by atoms with Gasteiger partial charge in [-0.15, -0.1) is 0 Å². The fourth-order valence-corrected chi connectivity index (χ4v) is 18.3. The maximum atomic E-state index is 13.8. The molecule has 6 heterocycles. The second kappa shape index (κ2) is 30.3.